The maximum absolute atomic E-state index is 12.5. The Labute approximate surface area is 176 Å². The van der Waals surface area contributed by atoms with Crippen LogP contribution in [0.4, 0.5) is 5.69 Å². The van der Waals surface area contributed by atoms with Gasteiger partial charge in [0.25, 0.3) is 15.9 Å². The van der Waals surface area contributed by atoms with E-state index >= 15 is 0 Å². The topological polar surface area (TPSA) is 92.3 Å². The van der Waals surface area contributed by atoms with Crippen molar-refractivity contribution < 1.29 is 18.0 Å². The van der Waals surface area contributed by atoms with Gasteiger partial charge in [-0.1, -0.05) is 42.5 Å². The van der Waals surface area contributed by atoms with Crippen molar-refractivity contribution in [2.24, 2.45) is 0 Å². The first-order valence-corrected chi connectivity index (χ1v) is 10.8. The van der Waals surface area contributed by atoms with Gasteiger partial charge in [-0.2, -0.15) is 0 Å². The molecule has 1 atom stereocenters. The predicted octanol–water partition coefficient (Wildman–Crippen LogP) is 4.18. The number of nitrogens with one attached hydrogen (secondary N) is 2. The van der Waals surface area contributed by atoms with E-state index in [1.165, 1.54) is 43.3 Å². The number of carbonyl (C=O) groups excluding carboxylic acids is 2. The van der Waals surface area contributed by atoms with Crippen LogP contribution in [0.5, 0.6) is 0 Å². The Bertz CT molecular complexity index is 1140. The van der Waals surface area contributed by atoms with E-state index in [9.17, 15) is 18.0 Å². The van der Waals surface area contributed by atoms with Crippen molar-refractivity contribution in [2.45, 2.75) is 24.8 Å². The predicted molar refractivity (Wildman–Crippen MR) is 116 cm³/mol. The van der Waals surface area contributed by atoms with E-state index in [0.717, 1.165) is 5.56 Å². The zero-order valence-electron chi connectivity index (χ0n) is 16.6. The third-order valence-electron chi connectivity index (χ3n) is 4.62. The molecule has 0 fully saturated rings. The quantitative estimate of drug-likeness (QED) is 0.559. The molecule has 0 radical (unpaired) electrons. The normalized spacial score (nSPS) is 12.1. The highest BCUT2D eigenvalue weighted by Crippen LogP contribution is 2.18. The van der Waals surface area contributed by atoms with Crippen LogP contribution in [0.1, 0.15) is 46.2 Å². The third kappa shape index (κ3) is 5.12. The molecule has 0 aliphatic carbocycles. The summed E-state index contributed by atoms with van der Waals surface area (Å²) in [5, 5.41) is 2.92. The van der Waals surface area contributed by atoms with Crippen LogP contribution in [0.2, 0.25) is 0 Å². The first-order chi connectivity index (χ1) is 14.3. The van der Waals surface area contributed by atoms with Crippen molar-refractivity contribution in [1.29, 1.82) is 0 Å². The lowest BCUT2D eigenvalue weighted by Crippen LogP contribution is -2.26. The molecule has 3 aromatic carbocycles. The van der Waals surface area contributed by atoms with Gasteiger partial charge in [0.05, 0.1) is 10.9 Å². The highest BCUT2D eigenvalue weighted by Gasteiger charge is 2.16. The van der Waals surface area contributed by atoms with Crippen LogP contribution in [0, 0.1) is 0 Å². The van der Waals surface area contributed by atoms with Crippen LogP contribution in [0.15, 0.2) is 83.8 Å². The van der Waals surface area contributed by atoms with Crippen molar-refractivity contribution in [3.05, 3.63) is 95.6 Å². The molecule has 1 amide bonds. The van der Waals surface area contributed by atoms with Gasteiger partial charge in [-0.15, -0.1) is 0 Å². The molecule has 0 spiro atoms. The molecule has 0 saturated heterocycles. The molecule has 1 unspecified atom stereocenters. The largest absolute Gasteiger partial charge is 0.346 e. The molecule has 2 N–H and O–H groups in total. The summed E-state index contributed by atoms with van der Waals surface area (Å²) in [6, 6.07) is 21.3. The molecule has 0 aliphatic heterocycles. The summed E-state index contributed by atoms with van der Waals surface area (Å²) in [4.78, 5) is 23.8. The highest BCUT2D eigenvalue weighted by atomic mass is 32.2. The second-order valence-corrected chi connectivity index (χ2v) is 8.55. The Hall–Kier alpha value is -3.45. The summed E-state index contributed by atoms with van der Waals surface area (Å²) in [7, 11) is -3.81. The molecule has 3 aromatic rings. The number of ketones is 1. The Kier molecular flexibility index (Phi) is 6.32. The van der Waals surface area contributed by atoms with E-state index < -0.39 is 10.0 Å². The zero-order chi connectivity index (χ0) is 21.7. The van der Waals surface area contributed by atoms with Crippen LogP contribution in [0.3, 0.4) is 0 Å². The van der Waals surface area contributed by atoms with Gasteiger partial charge in [-0.25, -0.2) is 8.42 Å². The van der Waals surface area contributed by atoms with E-state index in [0.29, 0.717) is 16.8 Å². The molecular formula is C23H22N2O4S. The molecule has 0 aliphatic rings. The van der Waals surface area contributed by atoms with Crippen molar-refractivity contribution in [1.82, 2.24) is 5.32 Å². The monoisotopic (exact) mass is 422 g/mol. The Balaban J connectivity index is 1.67. The number of rotatable bonds is 7. The first-order valence-electron chi connectivity index (χ1n) is 9.36. The lowest BCUT2D eigenvalue weighted by molar-refractivity contribution is 0.0939. The number of sulfonamides is 1. The van der Waals surface area contributed by atoms with Crippen LogP contribution in [-0.2, 0) is 10.0 Å². The maximum Gasteiger partial charge on any atom is 0.261 e. The fourth-order valence-corrected chi connectivity index (χ4v) is 3.94. The summed E-state index contributed by atoms with van der Waals surface area (Å²) in [5.74, 6) is -0.386. The number of Topliss-reactive ketones (excluding diaryl/α,β-unsaturated/α-hetero) is 1. The van der Waals surface area contributed by atoms with Gasteiger partial charge in [-0.3, -0.25) is 14.3 Å². The van der Waals surface area contributed by atoms with Crippen molar-refractivity contribution in [3.8, 4) is 0 Å². The van der Waals surface area contributed by atoms with Gasteiger partial charge in [0.2, 0.25) is 0 Å². The minimum atomic E-state index is -3.81. The van der Waals surface area contributed by atoms with E-state index in [1.807, 2.05) is 37.3 Å². The molecule has 3 rings (SSSR count). The van der Waals surface area contributed by atoms with E-state index in [-0.39, 0.29) is 22.6 Å². The lowest BCUT2D eigenvalue weighted by atomic mass is 10.1. The van der Waals surface area contributed by atoms with Crippen LogP contribution in [0.25, 0.3) is 0 Å². The average Bonchev–Trinajstić information content (AvgIpc) is 2.74. The van der Waals surface area contributed by atoms with Crippen LogP contribution < -0.4 is 10.0 Å². The van der Waals surface area contributed by atoms with Gasteiger partial charge in [0.1, 0.15) is 0 Å². The molecule has 154 valence electrons. The molecule has 0 bridgehead atoms. The second-order valence-electron chi connectivity index (χ2n) is 6.87. The van der Waals surface area contributed by atoms with Gasteiger partial charge in [-0.05, 0) is 55.8 Å². The molecule has 0 saturated carbocycles. The Morgan fingerprint density at radius 1 is 0.800 bits per heavy atom. The SMILES string of the molecule is CC(=O)c1ccc(S(=O)(=O)Nc2ccc(C(=O)NC(C)c3ccccc3)cc2)cc1. The molecule has 0 aromatic heterocycles. The fourth-order valence-electron chi connectivity index (χ4n) is 2.88. The standard InChI is InChI=1S/C23H22N2O4S/c1-16(18-6-4-3-5-7-18)24-23(27)20-8-12-21(13-9-20)25-30(28,29)22-14-10-19(11-15-22)17(2)26/h3-16,25H,1-2H3,(H,24,27). The Morgan fingerprint density at radius 2 is 1.37 bits per heavy atom. The summed E-state index contributed by atoms with van der Waals surface area (Å²) in [6.07, 6.45) is 0. The molecule has 30 heavy (non-hydrogen) atoms. The minimum absolute atomic E-state index is 0.0472. The summed E-state index contributed by atoms with van der Waals surface area (Å²) < 4.78 is 27.5. The lowest BCUT2D eigenvalue weighted by Gasteiger charge is -2.14. The third-order valence-corrected chi connectivity index (χ3v) is 6.01. The second kappa shape index (κ2) is 8.92. The van der Waals surface area contributed by atoms with Crippen molar-refractivity contribution in [2.75, 3.05) is 4.72 Å². The maximum atomic E-state index is 12.5. The molecule has 7 heteroatoms. The number of anilines is 1. The van der Waals surface area contributed by atoms with Gasteiger partial charge in [0.15, 0.2) is 5.78 Å². The number of hydrogen-bond acceptors (Lipinski definition) is 4. The van der Waals surface area contributed by atoms with E-state index in [2.05, 4.69) is 10.0 Å². The molecular weight excluding hydrogens is 400 g/mol. The van der Waals surface area contributed by atoms with Crippen molar-refractivity contribution in [3.63, 3.8) is 0 Å². The van der Waals surface area contributed by atoms with Gasteiger partial charge in [0, 0.05) is 16.8 Å². The van der Waals surface area contributed by atoms with Crippen LogP contribution in [-0.4, -0.2) is 20.1 Å². The fraction of sp³-hybridized carbons (Fsp3) is 0.130. The molecule has 0 heterocycles. The first kappa shape index (κ1) is 21.3. The van der Waals surface area contributed by atoms with E-state index in [4.69, 9.17) is 0 Å². The number of carbonyl (C=O) groups is 2. The Morgan fingerprint density at radius 3 is 1.93 bits per heavy atom. The molecule has 6 nitrogen and oxygen atoms in total. The number of amides is 1. The minimum Gasteiger partial charge on any atom is -0.346 e. The number of hydrogen-bond donors (Lipinski definition) is 2. The highest BCUT2D eigenvalue weighted by molar-refractivity contribution is 7.92. The summed E-state index contributed by atoms with van der Waals surface area (Å²) in [5.41, 5.74) is 2.19. The zero-order valence-corrected chi connectivity index (χ0v) is 17.4. The van der Waals surface area contributed by atoms with Crippen LogP contribution >= 0.6 is 0 Å². The van der Waals surface area contributed by atoms with Crippen molar-refractivity contribution >= 4 is 27.4 Å². The van der Waals surface area contributed by atoms with Gasteiger partial charge < -0.3 is 5.32 Å². The average molecular weight is 423 g/mol. The summed E-state index contributed by atoms with van der Waals surface area (Å²) in [6.45, 7) is 3.31. The smallest absolute Gasteiger partial charge is 0.261 e. The van der Waals surface area contributed by atoms with E-state index in [1.54, 1.807) is 12.1 Å². The summed E-state index contributed by atoms with van der Waals surface area (Å²) >= 11 is 0. The van der Waals surface area contributed by atoms with Gasteiger partial charge >= 0.3 is 0 Å². The number of benzene rings is 3.